The summed E-state index contributed by atoms with van der Waals surface area (Å²) in [7, 11) is 0. The molecule has 5 nitrogen and oxygen atoms in total. The van der Waals surface area contributed by atoms with Crippen molar-refractivity contribution in [2.75, 3.05) is 0 Å². The molecule has 0 saturated heterocycles. The molecule has 0 heterocycles. The number of hydrogen-bond donors (Lipinski definition) is 0. The summed E-state index contributed by atoms with van der Waals surface area (Å²) >= 11 is -7.74. The van der Waals surface area contributed by atoms with Crippen LogP contribution < -0.4 is 0 Å². The van der Waals surface area contributed by atoms with Crippen LogP contribution in [0, 0.1) is 0 Å². The summed E-state index contributed by atoms with van der Waals surface area (Å²) in [5.41, 5.74) is 0. The van der Waals surface area contributed by atoms with E-state index < -0.39 is 12.6 Å². The molecule has 0 aliphatic rings. The molecule has 0 fully saturated rings. The molecule has 39 valence electrons. The van der Waals surface area contributed by atoms with Crippen molar-refractivity contribution < 1.29 is 31.0 Å². The Hall–Kier alpha value is 0.351. The van der Waals surface area contributed by atoms with Gasteiger partial charge in [-0.1, -0.05) is 0 Å². The van der Waals surface area contributed by atoms with Crippen LogP contribution in [0.4, 0.5) is 0 Å². The molecule has 0 unspecified atom stereocenters. The van der Waals surface area contributed by atoms with Crippen LogP contribution in [-0.2, 0) is 31.0 Å². The van der Waals surface area contributed by atoms with Gasteiger partial charge in [0.2, 0.25) is 0 Å². The molecule has 0 aromatic rings. The van der Waals surface area contributed by atoms with E-state index in [9.17, 15) is 0 Å². The van der Waals surface area contributed by atoms with Crippen LogP contribution in [0.2, 0.25) is 0 Å². The van der Waals surface area contributed by atoms with Crippen LogP contribution in [0.15, 0.2) is 0 Å². The summed E-state index contributed by atoms with van der Waals surface area (Å²) in [5.74, 6) is 0. The average Bonchev–Trinajstić information content (AvgIpc) is 0.650. The third kappa shape index (κ3) is 978. The van der Waals surface area contributed by atoms with E-state index in [4.69, 9.17) is 18.4 Å². The molecule has 0 rings (SSSR count). The molecule has 7 heteroatoms. The average molecular weight is 157 g/mol. The summed E-state index contributed by atoms with van der Waals surface area (Å²) in [4.78, 5) is 0. The summed E-state index contributed by atoms with van der Waals surface area (Å²) in [6.07, 6.45) is 0. The predicted molar refractivity (Wildman–Crippen MR) is 12.0 cm³/mol. The monoisotopic (exact) mass is 157 g/mol. The van der Waals surface area contributed by atoms with Crippen molar-refractivity contribution in [2.45, 2.75) is 0 Å². The molecular weight excluding hydrogens is 155 g/mol. The van der Waals surface area contributed by atoms with E-state index in [0.717, 1.165) is 0 Å². The second-order valence-electron chi connectivity index (χ2n) is 0.745. The Bertz CT molecular complexity index is 278. The molecule has 0 atom stereocenters. The van der Waals surface area contributed by atoms with Crippen LogP contribution >= 0.6 is 0 Å². The second-order valence-corrected chi connectivity index (χ2v) is 3.07. The molecule has 0 bridgehead atoms. The van der Waals surface area contributed by atoms with E-state index in [-0.39, 0.29) is 23.1 Å². The third-order valence-electron chi connectivity index (χ3n) is 0. The van der Waals surface area contributed by atoms with Crippen molar-refractivity contribution in [1.82, 2.24) is 0 Å². The van der Waals surface area contributed by atoms with E-state index >= 15 is 0 Å². The molecule has 7 heavy (non-hydrogen) atoms. The Morgan fingerprint density at radius 1 is 0.714 bits per heavy atom. The zero-order valence-corrected chi connectivity index (χ0v) is 3.89. The van der Waals surface area contributed by atoms with Gasteiger partial charge in [-0.25, -0.2) is 0 Å². The van der Waals surface area contributed by atoms with Gasteiger partial charge in [-0.05, 0) is 0 Å². The Morgan fingerprint density at radius 3 is 0.714 bits per heavy atom. The predicted octanol–water partition coefficient (Wildman–Crippen LogP) is -1.51. The zero-order valence-electron chi connectivity index (χ0n) is 2.49. The molecule has 0 N–H and O–H groups in total. The van der Waals surface area contributed by atoms with E-state index in [0.29, 0.717) is 0 Å². The molecule has 0 radical (unpaired) electrons. The van der Waals surface area contributed by atoms with Crippen molar-refractivity contribution in [3.8, 4) is 0 Å². The molecule has 0 saturated carbocycles. The summed E-state index contributed by atoms with van der Waals surface area (Å²) in [6.45, 7) is 0. The van der Waals surface area contributed by atoms with Gasteiger partial charge in [-0.15, -0.1) is 0 Å². The van der Waals surface area contributed by atoms with E-state index in [2.05, 4.69) is 0 Å². The zero-order chi connectivity index (χ0) is 5.45. The molecule has 0 aliphatic heterocycles. The van der Waals surface area contributed by atoms with Gasteiger partial charge >= 0.3 is 54.0 Å². The Labute approximate surface area is 54.1 Å². The van der Waals surface area contributed by atoms with E-state index in [1.807, 2.05) is 0 Å². The molecule has 0 amide bonds. The van der Waals surface area contributed by atoms with Crippen LogP contribution in [0.3, 0.4) is 0 Å². The molecule has 0 aromatic heterocycles. The maximum absolute atomic E-state index is 8.64. The van der Waals surface area contributed by atoms with Crippen LogP contribution in [0.5, 0.6) is 0 Å². The maximum atomic E-state index is 8.64. The van der Waals surface area contributed by atoms with Crippen LogP contribution in [-0.4, -0.2) is 23.1 Å². The SMILES string of the molecule is [MgH2].[O]=[V](=[O])(=[O])(=[O])=[O]. The first kappa shape index (κ1) is 10.4. The van der Waals surface area contributed by atoms with E-state index in [1.165, 1.54) is 0 Å². The van der Waals surface area contributed by atoms with E-state index in [1.54, 1.807) is 0 Å². The molecule has 0 aromatic carbocycles. The van der Waals surface area contributed by atoms with Crippen molar-refractivity contribution >= 4 is 23.1 Å². The summed E-state index contributed by atoms with van der Waals surface area (Å²) in [6, 6.07) is 0. The van der Waals surface area contributed by atoms with Crippen molar-refractivity contribution in [1.29, 1.82) is 0 Å². The fraction of sp³-hybridized carbons (Fsp3) is 0. The van der Waals surface area contributed by atoms with Gasteiger partial charge in [0.25, 0.3) is 0 Å². The van der Waals surface area contributed by atoms with Gasteiger partial charge < -0.3 is 0 Å². The number of hydrogen-bond acceptors (Lipinski definition) is 5. The third-order valence-corrected chi connectivity index (χ3v) is 0. The van der Waals surface area contributed by atoms with Crippen LogP contribution in [0.1, 0.15) is 0 Å². The standard InChI is InChI=1S/Mg.5O.V.2H. The summed E-state index contributed by atoms with van der Waals surface area (Å²) in [5, 5.41) is 0. The minimum atomic E-state index is -7.74. The second kappa shape index (κ2) is 1.70. The van der Waals surface area contributed by atoms with Crippen molar-refractivity contribution in [3.63, 3.8) is 0 Å². The normalized spacial score (nSPS) is 8.57. The fourth-order valence-corrected chi connectivity index (χ4v) is 0. The Kier molecular flexibility index (Phi) is 2.51. The van der Waals surface area contributed by atoms with Crippen LogP contribution in [0.25, 0.3) is 0 Å². The van der Waals surface area contributed by atoms with Gasteiger partial charge in [0.05, 0.1) is 0 Å². The first-order chi connectivity index (χ1) is 2.24. The molecular formula is H2MgO5V. The van der Waals surface area contributed by atoms with Crippen molar-refractivity contribution in [3.05, 3.63) is 0 Å². The quantitative estimate of drug-likeness (QED) is 0.399. The van der Waals surface area contributed by atoms with Gasteiger partial charge in [0, 0.05) is 0 Å². The Morgan fingerprint density at radius 2 is 0.714 bits per heavy atom. The van der Waals surface area contributed by atoms with Crippen molar-refractivity contribution in [2.24, 2.45) is 0 Å². The fourth-order valence-electron chi connectivity index (χ4n) is 0. The summed E-state index contributed by atoms with van der Waals surface area (Å²) < 4.78 is 43.2. The molecule has 0 aliphatic carbocycles. The topological polar surface area (TPSA) is 85.3 Å². The molecule has 0 spiro atoms. The first-order valence-electron chi connectivity index (χ1n) is 0.913. The van der Waals surface area contributed by atoms with Gasteiger partial charge in [-0.3, -0.25) is 0 Å². The van der Waals surface area contributed by atoms with Gasteiger partial charge in [-0.2, -0.15) is 0 Å². The van der Waals surface area contributed by atoms with Gasteiger partial charge in [0.15, 0.2) is 0 Å². The Balaban J connectivity index is 0. The number of rotatable bonds is 0. The van der Waals surface area contributed by atoms with Gasteiger partial charge in [0.1, 0.15) is 0 Å². The minimum absolute atomic E-state index is 0. The first-order valence-corrected chi connectivity index (χ1v) is 3.76.